The maximum Gasteiger partial charge on any atom is 0.230 e. The first kappa shape index (κ1) is 19.2. The van der Waals surface area contributed by atoms with Crippen LogP contribution in [0.25, 0.3) is 22.2 Å². The topological polar surface area (TPSA) is 70.7 Å². The third-order valence-corrected chi connectivity index (χ3v) is 5.64. The van der Waals surface area contributed by atoms with Crippen molar-refractivity contribution in [2.75, 3.05) is 5.75 Å². The minimum absolute atomic E-state index is 0.0443. The number of fused-ring (bicyclic) bond motifs is 1. The molecule has 1 aromatic heterocycles. The van der Waals surface area contributed by atoms with Gasteiger partial charge >= 0.3 is 0 Å². The number of nitrogens with zero attached hydrogens (tertiary/aromatic N) is 2. The van der Waals surface area contributed by atoms with Gasteiger partial charge in [-0.3, -0.25) is 9.89 Å². The molecule has 0 bridgehead atoms. The monoisotopic (exact) mass is 402 g/mol. The summed E-state index contributed by atoms with van der Waals surface area (Å²) in [5, 5.41) is 13.1. The first-order valence-electron chi connectivity index (χ1n) is 9.49. The SMILES string of the molecule is Cc1ccc(-c2nc(SCC(=O)N[C@@H](C)c3cccc4ccccc34)n[nH]2)cc1. The van der Waals surface area contributed by atoms with Gasteiger partial charge in [0.2, 0.25) is 11.1 Å². The Morgan fingerprint density at radius 1 is 1.07 bits per heavy atom. The van der Waals surface area contributed by atoms with Crippen molar-refractivity contribution in [1.29, 1.82) is 0 Å². The highest BCUT2D eigenvalue weighted by Gasteiger charge is 2.14. The molecule has 0 aliphatic rings. The number of aryl methyl sites for hydroxylation is 1. The largest absolute Gasteiger partial charge is 0.349 e. The van der Waals surface area contributed by atoms with Gasteiger partial charge in [0, 0.05) is 5.56 Å². The lowest BCUT2D eigenvalue weighted by atomic mass is 10.00. The van der Waals surface area contributed by atoms with E-state index >= 15 is 0 Å². The zero-order valence-electron chi connectivity index (χ0n) is 16.3. The molecule has 4 rings (SSSR count). The van der Waals surface area contributed by atoms with E-state index in [4.69, 9.17) is 0 Å². The van der Waals surface area contributed by atoms with Crippen molar-refractivity contribution >= 4 is 28.4 Å². The second-order valence-electron chi connectivity index (χ2n) is 6.98. The number of aromatic nitrogens is 3. The van der Waals surface area contributed by atoms with E-state index < -0.39 is 0 Å². The molecule has 1 amide bonds. The Morgan fingerprint density at radius 3 is 2.66 bits per heavy atom. The molecule has 5 nitrogen and oxygen atoms in total. The molecule has 0 saturated heterocycles. The third kappa shape index (κ3) is 4.49. The van der Waals surface area contributed by atoms with Crippen molar-refractivity contribution < 1.29 is 4.79 Å². The summed E-state index contributed by atoms with van der Waals surface area (Å²) in [5.41, 5.74) is 3.28. The van der Waals surface area contributed by atoms with Crippen LogP contribution in [-0.4, -0.2) is 26.8 Å². The quantitative estimate of drug-likeness (QED) is 0.450. The molecule has 0 radical (unpaired) electrons. The summed E-state index contributed by atoms with van der Waals surface area (Å²) in [6, 6.07) is 22.4. The Hall–Kier alpha value is -3.12. The summed E-state index contributed by atoms with van der Waals surface area (Å²) >= 11 is 1.32. The molecule has 3 aromatic carbocycles. The molecule has 1 atom stereocenters. The van der Waals surface area contributed by atoms with Gasteiger partial charge in [0.15, 0.2) is 5.82 Å². The van der Waals surface area contributed by atoms with Gasteiger partial charge in [0.25, 0.3) is 0 Å². The van der Waals surface area contributed by atoms with Gasteiger partial charge in [-0.25, -0.2) is 4.98 Å². The molecule has 6 heteroatoms. The van der Waals surface area contributed by atoms with Gasteiger partial charge in [-0.1, -0.05) is 84.1 Å². The Balaban J connectivity index is 1.37. The van der Waals surface area contributed by atoms with Crippen molar-refractivity contribution in [2.45, 2.75) is 25.0 Å². The zero-order chi connectivity index (χ0) is 20.2. The molecule has 1 heterocycles. The molecule has 0 fully saturated rings. The van der Waals surface area contributed by atoms with E-state index in [-0.39, 0.29) is 17.7 Å². The van der Waals surface area contributed by atoms with Crippen LogP contribution in [0.15, 0.2) is 71.9 Å². The lowest BCUT2D eigenvalue weighted by Crippen LogP contribution is -2.28. The van der Waals surface area contributed by atoms with E-state index in [9.17, 15) is 4.79 Å². The number of carbonyl (C=O) groups is 1. The molecule has 0 spiro atoms. The van der Waals surface area contributed by atoms with Crippen LogP contribution in [0.4, 0.5) is 0 Å². The summed E-state index contributed by atoms with van der Waals surface area (Å²) < 4.78 is 0. The maximum atomic E-state index is 12.5. The molecular weight excluding hydrogens is 380 g/mol. The van der Waals surface area contributed by atoms with Crippen LogP contribution in [0.2, 0.25) is 0 Å². The smallest absolute Gasteiger partial charge is 0.230 e. The van der Waals surface area contributed by atoms with E-state index in [0.717, 1.165) is 16.5 Å². The minimum atomic E-state index is -0.0792. The number of aromatic amines is 1. The van der Waals surface area contributed by atoms with Crippen LogP contribution in [0.3, 0.4) is 0 Å². The maximum absolute atomic E-state index is 12.5. The van der Waals surface area contributed by atoms with Crippen LogP contribution >= 0.6 is 11.8 Å². The fraction of sp³-hybridized carbons (Fsp3) is 0.174. The summed E-state index contributed by atoms with van der Waals surface area (Å²) in [7, 11) is 0. The fourth-order valence-electron chi connectivity index (χ4n) is 3.27. The molecule has 0 unspecified atom stereocenters. The minimum Gasteiger partial charge on any atom is -0.349 e. The Bertz CT molecular complexity index is 1130. The predicted octanol–water partition coefficient (Wildman–Crippen LogP) is 4.90. The van der Waals surface area contributed by atoms with Crippen LogP contribution in [0, 0.1) is 6.92 Å². The lowest BCUT2D eigenvalue weighted by Gasteiger charge is -2.16. The summed E-state index contributed by atoms with van der Waals surface area (Å²) in [6.07, 6.45) is 0. The number of H-pyrrole nitrogens is 1. The van der Waals surface area contributed by atoms with Crippen LogP contribution in [0.5, 0.6) is 0 Å². The van der Waals surface area contributed by atoms with E-state index in [2.05, 4.69) is 44.8 Å². The van der Waals surface area contributed by atoms with Crippen LogP contribution in [-0.2, 0) is 4.79 Å². The normalized spacial score (nSPS) is 12.1. The second-order valence-corrected chi connectivity index (χ2v) is 7.92. The Kier molecular flexibility index (Phi) is 5.62. The van der Waals surface area contributed by atoms with Gasteiger partial charge < -0.3 is 5.32 Å². The Labute approximate surface area is 174 Å². The van der Waals surface area contributed by atoms with E-state index in [1.807, 2.05) is 56.3 Å². The van der Waals surface area contributed by atoms with Gasteiger partial charge in [0.1, 0.15) is 0 Å². The molecule has 0 saturated carbocycles. The number of benzene rings is 3. The van der Waals surface area contributed by atoms with Crippen molar-refractivity contribution in [2.24, 2.45) is 0 Å². The van der Waals surface area contributed by atoms with Gasteiger partial charge in [-0.15, -0.1) is 5.10 Å². The molecule has 29 heavy (non-hydrogen) atoms. The highest BCUT2D eigenvalue weighted by atomic mass is 32.2. The zero-order valence-corrected chi connectivity index (χ0v) is 17.2. The first-order chi connectivity index (χ1) is 14.1. The standard InChI is InChI=1S/C23H22N4OS/c1-15-10-12-18(13-11-15)22-25-23(27-26-22)29-14-21(28)24-16(2)19-9-5-7-17-6-3-4-8-20(17)19/h3-13,16H,14H2,1-2H3,(H,24,28)(H,25,26,27)/t16-/m0/s1. The summed E-state index contributed by atoms with van der Waals surface area (Å²) in [6.45, 7) is 4.05. The average Bonchev–Trinajstić information content (AvgIpc) is 3.21. The van der Waals surface area contributed by atoms with Crippen LogP contribution in [0.1, 0.15) is 24.1 Å². The van der Waals surface area contributed by atoms with Gasteiger partial charge in [0.05, 0.1) is 11.8 Å². The van der Waals surface area contributed by atoms with E-state index in [1.165, 1.54) is 22.7 Å². The van der Waals surface area contributed by atoms with E-state index in [0.29, 0.717) is 11.0 Å². The van der Waals surface area contributed by atoms with Gasteiger partial charge in [-0.2, -0.15) is 0 Å². The predicted molar refractivity (Wildman–Crippen MR) is 118 cm³/mol. The molecule has 2 N–H and O–H groups in total. The third-order valence-electron chi connectivity index (χ3n) is 4.79. The Morgan fingerprint density at radius 2 is 1.83 bits per heavy atom. The number of hydrogen-bond donors (Lipinski definition) is 2. The number of hydrogen-bond acceptors (Lipinski definition) is 4. The van der Waals surface area contributed by atoms with Crippen molar-refractivity contribution in [3.63, 3.8) is 0 Å². The highest BCUT2D eigenvalue weighted by Crippen LogP contribution is 2.24. The summed E-state index contributed by atoms with van der Waals surface area (Å²) in [4.78, 5) is 16.9. The molecule has 0 aliphatic heterocycles. The summed E-state index contributed by atoms with van der Waals surface area (Å²) in [5.74, 6) is 0.925. The van der Waals surface area contributed by atoms with Gasteiger partial charge in [-0.05, 0) is 30.2 Å². The van der Waals surface area contributed by atoms with Crippen molar-refractivity contribution in [1.82, 2.24) is 20.5 Å². The fourth-order valence-corrected chi connectivity index (χ4v) is 3.88. The molecule has 0 aliphatic carbocycles. The number of nitrogens with one attached hydrogen (secondary N) is 2. The van der Waals surface area contributed by atoms with Crippen molar-refractivity contribution in [3.05, 3.63) is 77.9 Å². The van der Waals surface area contributed by atoms with Crippen molar-refractivity contribution in [3.8, 4) is 11.4 Å². The molecular formula is C23H22N4OS. The first-order valence-corrected chi connectivity index (χ1v) is 10.5. The van der Waals surface area contributed by atoms with Crippen LogP contribution < -0.4 is 5.32 Å². The second kappa shape index (κ2) is 8.49. The highest BCUT2D eigenvalue weighted by molar-refractivity contribution is 7.99. The number of rotatable bonds is 6. The van der Waals surface area contributed by atoms with E-state index in [1.54, 1.807) is 0 Å². The number of thioether (sulfide) groups is 1. The lowest BCUT2D eigenvalue weighted by molar-refractivity contribution is -0.119. The molecule has 146 valence electrons. The molecule has 4 aromatic rings. The number of amides is 1. The number of carbonyl (C=O) groups excluding carboxylic acids is 1. The average molecular weight is 403 g/mol.